The van der Waals surface area contributed by atoms with Crippen LogP contribution >= 0.6 is 27.5 Å². The lowest BCUT2D eigenvalue weighted by Gasteiger charge is -2.06. The van der Waals surface area contributed by atoms with E-state index in [1.165, 1.54) is 0 Å². The number of nitrogens with zero attached hydrogens (tertiary/aromatic N) is 4. The fraction of sp³-hybridized carbons (Fsp3) is 0.214. The highest BCUT2D eigenvalue weighted by Crippen LogP contribution is 2.26. The SMILES string of the molecule is Cc1cc(-c2nnc3c(C)c(C)c(Cl)nn23)ccc1Br. The fourth-order valence-electron chi connectivity index (χ4n) is 2.06. The van der Waals surface area contributed by atoms with E-state index in [4.69, 9.17) is 11.6 Å². The monoisotopic (exact) mass is 350 g/mol. The van der Waals surface area contributed by atoms with Gasteiger partial charge in [-0.1, -0.05) is 27.5 Å². The van der Waals surface area contributed by atoms with Gasteiger partial charge in [0, 0.05) is 15.6 Å². The predicted octanol–water partition coefficient (Wildman–Crippen LogP) is 4.13. The molecule has 0 aliphatic rings. The maximum Gasteiger partial charge on any atom is 0.185 e. The average Bonchev–Trinajstić information content (AvgIpc) is 2.83. The summed E-state index contributed by atoms with van der Waals surface area (Å²) in [6.45, 7) is 5.94. The molecule has 102 valence electrons. The van der Waals surface area contributed by atoms with Crippen LogP contribution in [0.1, 0.15) is 16.7 Å². The first kappa shape index (κ1) is 13.5. The van der Waals surface area contributed by atoms with Gasteiger partial charge in [0.2, 0.25) is 0 Å². The number of halogens is 2. The summed E-state index contributed by atoms with van der Waals surface area (Å²) in [6, 6.07) is 6.03. The lowest BCUT2D eigenvalue weighted by Crippen LogP contribution is -2.00. The van der Waals surface area contributed by atoms with Crippen LogP contribution in [-0.2, 0) is 0 Å². The van der Waals surface area contributed by atoms with Crippen LogP contribution < -0.4 is 0 Å². The molecule has 0 saturated heterocycles. The van der Waals surface area contributed by atoms with E-state index in [1.54, 1.807) is 4.52 Å². The first-order chi connectivity index (χ1) is 9.49. The molecule has 0 aliphatic heterocycles. The molecule has 0 radical (unpaired) electrons. The van der Waals surface area contributed by atoms with Crippen LogP contribution in [0.5, 0.6) is 0 Å². The van der Waals surface area contributed by atoms with Gasteiger partial charge in [-0.3, -0.25) is 0 Å². The van der Waals surface area contributed by atoms with Crippen LogP contribution in [-0.4, -0.2) is 19.8 Å². The number of hydrogen-bond acceptors (Lipinski definition) is 3. The molecular formula is C14H12BrClN4. The Balaban J connectivity index is 2.29. The van der Waals surface area contributed by atoms with Crippen molar-refractivity contribution in [1.82, 2.24) is 19.8 Å². The maximum atomic E-state index is 6.17. The highest BCUT2D eigenvalue weighted by atomic mass is 79.9. The highest BCUT2D eigenvalue weighted by molar-refractivity contribution is 9.10. The molecule has 3 aromatic rings. The summed E-state index contributed by atoms with van der Waals surface area (Å²) in [7, 11) is 0. The first-order valence-electron chi connectivity index (χ1n) is 6.13. The Bertz CT molecular complexity index is 826. The summed E-state index contributed by atoms with van der Waals surface area (Å²) in [4.78, 5) is 0. The van der Waals surface area contributed by atoms with Crippen LogP contribution in [0.15, 0.2) is 22.7 Å². The summed E-state index contributed by atoms with van der Waals surface area (Å²) >= 11 is 9.67. The van der Waals surface area contributed by atoms with Gasteiger partial charge in [0.15, 0.2) is 16.6 Å². The lowest BCUT2D eigenvalue weighted by atomic mass is 10.1. The molecule has 2 aromatic heterocycles. The van der Waals surface area contributed by atoms with Gasteiger partial charge >= 0.3 is 0 Å². The minimum Gasteiger partial charge on any atom is -0.191 e. The third kappa shape index (κ3) is 2.01. The molecule has 0 atom stereocenters. The minimum atomic E-state index is 0.477. The van der Waals surface area contributed by atoms with Gasteiger partial charge in [-0.05, 0) is 50.1 Å². The molecule has 3 rings (SSSR count). The summed E-state index contributed by atoms with van der Waals surface area (Å²) in [5.74, 6) is 0.695. The number of fused-ring (bicyclic) bond motifs is 1. The zero-order valence-electron chi connectivity index (χ0n) is 11.3. The summed E-state index contributed by atoms with van der Waals surface area (Å²) in [5, 5.41) is 13.3. The van der Waals surface area contributed by atoms with Crippen molar-refractivity contribution in [2.45, 2.75) is 20.8 Å². The smallest absolute Gasteiger partial charge is 0.185 e. The Hall–Kier alpha value is -1.46. The fourth-order valence-corrected chi connectivity index (χ4v) is 2.52. The Labute approximate surface area is 129 Å². The number of benzene rings is 1. The zero-order chi connectivity index (χ0) is 14.4. The van der Waals surface area contributed by atoms with Crippen molar-refractivity contribution in [3.05, 3.63) is 44.5 Å². The van der Waals surface area contributed by atoms with Crippen molar-refractivity contribution < 1.29 is 0 Å². The van der Waals surface area contributed by atoms with Crippen molar-refractivity contribution in [3.63, 3.8) is 0 Å². The van der Waals surface area contributed by atoms with Crippen molar-refractivity contribution >= 4 is 33.2 Å². The largest absolute Gasteiger partial charge is 0.191 e. The van der Waals surface area contributed by atoms with Gasteiger partial charge in [0.05, 0.1) is 0 Å². The van der Waals surface area contributed by atoms with Crippen molar-refractivity contribution in [2.24, 2.45) is 0 Å². The maximum absolute atomic E-state index is 6.17. The van der Waals surface area contributed by atoms with E-state index in [2.05, 4.69) is 31.2 Å². The van der Waals surface area contributed by atoms with Crippen molar-refractivity contribution in [3.8, 4) is 11.4 Å². The quantitative estimate of drug-likeness (QED) is 0.662. The Morgan fingerprint density at radius 3 is 2.55 bits per heavy atom. The molecule has 20 heavy (non-hydrogen) atoms. The average molecular weight is 352 g/mol. The van der Waals surface area contributed by atoms with Gasteiger partial charge in [0.1, 0.15) is 0 Å². The molecule has 0 saturated carbocycles. The second-order valence-corrected chi connectivity index (χ2v) is 5.98. The lowest BCUT2D eigenvalue weighted by molar-refractivity contribution is 0.919. The van der Waals surface area contributed by atoms with Gasteiger partial charge in [-0.2, -0.15) is 9.61 Å². The van der Waals surface area contributed by atoms with Crippen LogP contribution in [0.3, 0.4) is 0 Å². The Kier molecular flexibility index (Phi) is 3.26. The molecule has 0 spiro atoms. The number of aryl methyl sites for hydroxylation is 2. The molecule has 6 heteroatoms. The van der Waals surface area contributed by atoms with E-state index in [0.717, 1.165) is 32.4 Å². The van der Waals surface area contributed by atoms with E-state index in [-0.39, 0.29) is 0 Å². The predicted molar refractivity (Wildman–Crippen MR) is 83.1 cm³/mol. The zero-order valence-corrected chi connectivity index (χ0v) is 13.6. The highest BCUT2D eigenvalue weighted by Gasteiger charge is 2.15. The molecule has 0 fully saturated rings. The van der Waals surface area contributed by atoms with Gasteiger partial charge in [0.25, 0.3) is 0 Å². The van der Waals surface area contributed by atoms with Crippen LogP contribution in [0.25, 0.3) is 17.0 Å². The summed E-state index contributed by atoms with van der Waals surface area (Å²) in [5.41, 5.74) is 4.77. The Morgan fingerprint density at radius 2 is 1.85 bits per heavy atom. The van der Waals surface area contributed by atoms with Gasteiger partial charge in [-0.25, -0.2) is 0 Å². The Morgan fingerprint density at radius 1 is 1.10 bits per heavy atom. The van der Waals surface area contributed by atoms with Gasteiger partial charge in [-0.15, -0.1) is 10.2 Å². The topological polar surface area (TPSA) is 43.1 Å². The normalized spacial score (nSPS) is 11.2. The summed E-state index contributed by atoms with van der Waals surface area (Å²) in [6.07, 6.45) is 0. The molecule has 4 nitrogen and oxygen atoms in total. The molecule has 0 N–H and O–H groups in total. The molecule has 0 aliphatic carbocycles. The molecule has 0 unspecified atom stereocenters. The number of aromatic nitrogens is 4. The first-order valence-corrected chi connectivity index (χ1v) is 7.30. The third-order valence-electron chi connectivity index (χ3n) is 3.45. The second kappa shape index (κ2) is 4.82. The van der Waals surface area contributed by atoms with E-state index < -0.39 is 0 Å². The van der Waals surface area contributed by atoms with E-state index in [1.807, 2.05) is 39.0 Å². The van der Waals surface area contributed by atoms with E-state index in [0.29, 0.717) is 11.0 Å². The van der Waals surface area contributed by atoms with Crippen LogP contribution in [0.2, 0.25) is 5.15 Å². The summed E-state index contributed by atoms with van der Waals surface area (Å²) < 4.78 is 2.76. The van der Waals surface area contributed by atoms with Crippen LogP contribution in [0.4, 0.5) is 0 Å². The number of hydrogen-bond donors (Lipinski definition) is 0. The number of rotatable bonds is 1. The van der Waals surface area contributed by atoms with Crippen molar-refractivity contribution in [2.75, 3.05) is 0 Å². The van der Waals surface area contributed by atoms with Crippen LogP contribution in [0, 0.1) is 20.8 Å². The molecule has 0 amide bonds. The van der Waals surface area contributed by atoms with Crippen molar-refractivity contribution in [1.29, 1.82) is 0 Å². The minimum absolute atomic E-state index is 0.477. The third-order valence-corrected chi connectivity index (χ3v) is 4.70. The van der Waals surface area contributed by atoms with Gasteiger partial charge < -0.3 is 0 Å². The van der Waals surface area contributed by atoms with E-state index >= 15 is 0 Å². The van der Waals surface area contributed by atoms with E-state index in [9.17, 15) is 0 Å². The standard InChI is InChI=1S/C14H12BrClN4/c1-7-6-10(4-5-11(7)15)14-18-17-13-9(3)8(2)12(16)19-20(13)14/h4-6H,1-3H3. The molecule has 1 aromatic carbocycles. The molecular weight excluding hydrogens is 340 g/mol. The second-order valence-electron chi connectivity index (χ2n) is 4.76. The molecule has 2 heterocycles. The molecule has 0 bridgehead atoms.